The van der Waals surface area contributed by atoms with Gasteiger partial charge >= 0.3 is 0 Å². The van der Waals surface area contributed by atoms with E-state index in [1.54, 1.807) is 0 Å². The number of fused-ring (bicyclic) bond motifs is 2. The van der Waals surface area contributed by atoms with Gasteiger partial charge in [0.15, 0.2) is 12.0 Å². The molecule has 0 spiro atoms. The number of aliphatic hydroxyl groups is 1. The monoisotopic (exact) mass is 424 g/mol. The number of aliphatic hydroxyl groups excluding tert-OH is 1. The van der Waals surface area contributed by atoms with Crippen molar-refractivity contribution >= 4 is 22.1 Å². The molecule has 2 aromatic carbocycles. The Morgan fingerprint density at radius 3 is 2.78 bits per heavy atom. The fraction of sp³-hybridized carbons (Fsp3) is 0.231. The summed E-state index contributed by atoms with van der Waals surface area (Å²) >= 11 is 0. The molecule has 1 aliphatic rings. The lowest BCUT2D eigenvalue weighted by molar-refractivity contribution is 0.0668. The highest BCUT2D eigenvalue weighted by molar-refractivity contribution is 5.97. The minimum Gasteiger partial charge on any atom is -0.443 e. The molecule has 2 N–H and O–H groups in total. The van der Waals surface area contributed by atoms with Crippen molar-refractivity contribution in [2.75, 3.05) is 13.1 Å². The summed E-state index contributed by atoms with van der Waals surface area (Å²) in [6.07, 6.45) is 7.17. The van der Waals surface area contributed by atoms with Gasteiger partial charge in [-0.1, -0.05) is 30.3 Å². The number of nitrogens with zero attached hydrogens (tertiary/aromatic N) is 3. The fourth-order valence-corrected chi connectivity index (χ4v) is 4.66. The average Bonchev–Trinajstić information content (AvgIpc) is 3.45. The van der Waals surface area contributed by atoms with Gasteiger partial charge in [0, 0.05) is 42.0 Å². The number of nitrogens with one attached hydrogen (secondary N) is 1. The molecule has 4 heterocycles. The Bertz CT molecular complexity index is 1390. The van der Waals surface area contributed by atoms with Gasteiger partial charge in [-0.25, -0.2) is 9.97 Å². The molecule has 0 aliphatic carbocycles. The number of β-amino-alcohol motifs (C(OH)–C–C–N with tert-alkyl or cyclic N) is 1. The van der Waals surface area contributed by atoms with E-state index in [2.05, 4.69) is 56.3 Å². The lowest BCUT2D eigenvalue weighted by Gasteiger charge is -2.29. The number of benzene rings is 2. The van der Waals surface area contributed by atoms with Gasteiger partial charge in [-0.2, -0.15) is 0 Å². The Kier molecular flexibility index (Phi) is 4.74. The summed E-state index contributed by atoms with van der Waals surface area (Å²) in [6, 6.07) is 16.9. The van der Waals surface area contributed by atoms with Gasteiger partial charge in [0.05, 0.1) is 6.10 Å². The lowest BCUT2D eigenvalue weighted by atomic mass is 10.0. The molecular formula is C26H24N4O2. The van der Waals surface area contributed by atoms with Crippen LogP contribution in [0, 0.1) is 0 Å². The molecule has 0 saturated carbocycles. The van der Waals surface area contributed by atoms with Crippen LogP contribution in [0.25, 0.3) is 44.4 Å². The van der Waals surface area contributed by atoms with Gasteiger partial charge in [0.1, 0.15) is 11.2 Å². The summed E-state index contributed by atoms with van der Waals surface area (Å²) in [6.45, 7) is 2.69. The maximum Gasteiger partial charge on any atom is 0.181 e. The van der Waals surface area contributed by atoms with Crippen molar-refractivity contribution in [3.05, 3.63) is 72.9 Å². The van der Waals surface area contributed by atoms with Crippen LogP contribution in [0.1, 0.15) is 18.4 Å². The third-order valence-corrected chi connectivity index (χ3v) is 6.35. The number of aromatic nitrogens is 3. The van der Waals surface area contributed by atoms with Crippen LogP contribution >= 0.6 is 0 Å². The molecule has 1 fully saturated rings. The van der Waals surface area contributed by atoms with Gasteiger partial charge in [0.25, 0.3) is 0 Å². The molecular weight excluding hydrogens is 400 g/mol. The van der Waals surface area contributed by atoms with Crippen molar-refractivity contribution in [3.8, 4) is 22.3 Å². The molecule has 1 aliphatic heterocycles. The van der Waals surface area contributed by atoms with Gasteiger partial charge in [-0.05, 0) is 54.3 Å². The first-order valence-electron chi connectivity index (χ1n) is 11.0. The van der Waals surface area contributed by atoms with Crippen LogP contribution in [-0.2, 0) is 6.54 Å². The summed E-state index contributed by atoms with van der Waals surface area (Å²) in [4.78, 5) is 14.5. The SMILES string of the molecule is OC1CCCN(Cc2ccc(-c3cnc4[nH]cc(-c5ccc6ocnc6c5)c4c3)cc2)C1. The van der Waals surface area contributed by atoms with Crippen molar-refractivity contribution < 1.29 is 9.52 Å². The standard InChI is InChI=1S/C26H24N4O2/c31-21-2-1-9-30(15-21)14-17-3-5-18(6-4-17)20-10-22-23(13-28-26(22)27-12-20)19-7-8-25-24(11-19)29-16-32-25/h3-8,10-13,16,21,31H,1-2,9,14-15H2,(H,27,28). The van der Waals surface area contributed by atoms with E-state index < -0.39 is 0 Å². The van der Waals surface area contributed by atoms with Crippen molar-refractivity contribution in [1.29, 1.82) is 0 Å². The predicted octanol–water partition coefficient (Wildman–Crippen LogP) is 4.99. The Hall–Kier alpha value is -3.48. The quantitative estimate of drug-likeness (QED) is 0.425. The second kappa shape index (κ2) is 7.89. The van der Waals surface area contributed by atoms with E-state index in [0.717, 1.165) is 76.9 Å². The van der Waals surface area contributed by atoms with Crippen molar-refractivity contribution in [1.82, 2.24) is 19.9 Å². The van der Waals surface area contributed by atoms with E-state index in [1.165, 1.54) is 12.0 Å². The smallest absolute Gasteiger partial charge is 0.181 e. The molecule has 6 heteroatoms. The van der Waals surface area contributed by atoms with Crippen LogP contribution in [0.2, 0.25) is 0 Å². The van der Waals surface area contributed by atoms with Gasteiger partial charge in [0.2, 0.25) is 0 Å². The maximum absolute atomic E-state index is 9.91. The van der Waals surface area contributed by atoms with Crippen LogP contribution in [-0.4, -0.2) is 44.2 Å². The minimum absolute atomic E-state index is 0.193. The van der Waals surface area contributed by atoms with Crippen LogP contribution in [0.4, 0.5) is 0 Å². The summed E-state index contributed by atoms with van der Waals surface area (Å²) in [5.74, 6) is 0. The number of hydrogen-bond donors (Lipinski definition) is 2. The highest BCUT2D eigenvalue weighted by atomic mass is 16.3. The average molecular weight is 425 g/mol. The number of rotatable bonds is 4. The minimum atomic E-state index is -0.193. The number of piperidine rings is 1. The zero-order valence-electron chi connectivity index (χ0n) is 17.7. The van der Waals surface area contributed by atoms with Crippen LogP contribution < -0.4 is 0 Å². The van der Waals surface area contributed by atoms with E-state index >= 15 is 0 Å². The van der Waals surface area contributed by atoms with E-state index in [9.17, 15) is 5.11 Å². The molecule has 6 nitrogen and oxygen atoms in total. The molecule has 0 radical (unpaired) electrons. The summed E-state index contributed by atoms with van der Waals surface area (Å²) in [5, 5.41) is 11.0. The van der Waals surface area contributed by atoms with Crippen molar-refractivity contribution in [2.24, 2.45) is 0 Å². The van der Waals surface area contributed by atoms with Crippen LogP contribution in [0.5, 0.6) is 0 Å². The van der Waals surface area contributed by atoms with Gasteiger partial charge in [-0.3, -0.25) is 4.90 Å². The molecule has 0 bridgehead atoms. The number of H-pyrrole nitrogens is 1. The summed E-state index contributed by atoms with van der Waals surface area (Å²) in [7, 11) is 0. The molecule has 0 amide bonds. The van der Waals surface area contributed by atoms with Crippen LogP contribution in [0.3, 0.4) is 0 Å². The van der Waals surface area contributed by atoms with Gasteiger partial charge in [-0.15, -0.1) is 0 Å². The zero-order chi connectivity index (χ0) is 21.5. The second-order valence-electron chi connectivity index (χ2n) is 8.59. The maximum atomic E-state index is 9.91. The highest BCUT2D eigenvalue weighted by Gasteiger charge is 2.17. The third kappa shape index (κ3) is 3.57. The number of aromatic amines is 1. The first-order chi connectivity index (χ1) is 15.7. The lowest BCUT2D eigenvalue weighted by Crippen LogP contribution is -2.37. The number of likely N-dealkylation sites (tertiary alicyclic amines) is 1. The normalized spacial score (nSPS) is 17.3. The fourth-order valence-electron chi connectivity index (χ4n) is 4.66. The molecule has 1 unspecified atom stereocenters. The van der Waals surface area contributed by atoms with Crippen molar-refractivity contribution in [2.45, 2.75) is 25.5 Å². The summed E-state index contributed by atoms with van der Waals surface area (Å²) in [5.41, 5.74) is 8.16. The largest absolute Gasteiger partial charge is 0.443 e. The predicted molar refractivity (Wildman–Crippen MR) is 125 cm³/mol. The Morgan fingerprint density at radius 2 is 1.91 bits per heavy atom. The Balaban J connectivity index is 1.29. The Morgan fingerprint density at radius 1 is 1.03 bits per heavy atom. The summed E-state index contributed by atoms with van der Waals surface area (Å²) < 4.78 is 5.37. The van der Waals surface area contributed by atoms with Crippen LogP contribution in [0.15, 0.2) is 71.7 Å². The van der Waals surface area contributed by atoms with Crippen molar-refractivity contribution in [3.63, 3.8) is 0 Å². The Labute approximate surface area is 185 Å². The number of pyridine rings is 1. The molecule has 3 aromatic heterocycles. The van der Waals surface area contributed by atoms with E-state index in [1.807, 2.05) is 24.5 Å². The third-order valence-electron chi connectivity index (χ3n) is 6.35. The molecule has 32 heavy (non-hydrogen) atoms. The second-order valence-corrected chi connectivity index (χ2v) is 8.59. The molecule has 160 valence electrons. The highest BCUT2D eigenvalue weighted by Crippen LogP contribution is 2.32. The first-order valence-corrected chi connectivity index (χ1v) is 11.0. The zero-order valence-corrected chi connectivity index (χ0v) is 17.7. The number of hydrogen-bond acceptors (Lipinski definition) is 5. The van der Waals surface area contributed by atoms with E-state index in [4.69, 9.17) is 4.42 Å². The number of oxazole rings is 1. The van der Waals surface area contributed by atoms with Gasteiger partial charge < -0.3 is 14.5 Å². The topological polar surface area (TPSA) is 78.2 Å². The molecule has 1 atom stereocenters. The molecule has 1 saturated heterocycles. The molecule has 5 aromatic rings. The van der Waals surface area contributed by atoms with E-state index in [0.29, 0.717) is 0 Å². The first kappa shape index (κ1) is 19.2. The van der Waals surface area contributed by atoms with E-state index in [-0.39, 0.29) is 6.10 Å². The molecule has 6 rings (SSSR count).